The molecule has 0 saturated carbocycles. The van der Waals surface area contributed by atoms with Crippen molar-refractivity contribution in [3.05, 3.63) is 123 Å². The second kappa shape index (κ2) is 24.4. The van der Waals surface area contributed by atoms with E-state index in [1.807, 2.05) is 118 Å². The van der Waals surface area contributed by atoms with Crippen LogP contribution in [0.2, 0.25) is 5.02 Å². The Morgan fingerprint density at radius 1 is 0.816 bits per heavy atom. The molecule has 2 saturated heterocycles. The molecule has 0 aliphatic carbocycles. The molecule has 3 aliphatic rings. The molecule has 76 heavy (non-hydrogen) atoms. The van der Waals surface area contributed by atoms with Crippen molar-refractivity contribution in [2.75, 3.05) is 45.9 Å². The number of hydrogen-bond acceptors (Lipinski definition) is 13. The van der Waals surface area contributed by atoms with Gasteiger partial charge in [0.15, 0.2) is 5.82 Å². The van der Waals surface area contributed by atoms with Gasteiger partial charge in [0.2, 0.25) is 35.4 Å². The van der Waals surface area contributed by atoms with Crippen molar-refractivity contribution >= 4 is 64.1 Å². The minimum absolute atomic E-state index is 0.0354. The molecule has 6 amide bonds. The number of fused-ring (bicyclic) bond motifs is 4. The molecule has 2 fully saturated rings. The number of halogens is 1. The molecule has 19 nitrogen and oxygen atoms in total. The number of aliphatic imine (C=N–C) groups is 1. The van der Waals surface area contributed by atoms with Crippen LogP contribution in [0.5, 0.6) is 0 Å². The van der Waals surface area contributed by atoms with Crippen molar-refractivity contribution in [3.8, 4) is 16.1 Å². The van der Waals surface area contributed by atoms with Crippen molar-refractivity contribution in [3.63, 3.8) is 0 Å². The Bertz CT molecular complexity index is 2960. The van der Waals surface area contributed by atoms with Crippen LogP contribution < -0.4 is 31.9 Å². The summed E-state index contributed by atoms with van der Waals surface area (Å²) in [6, 6.07) is 20.4. The lowest BCUT2D eigenvalue weighted by Crippen LogP contribution is -2.57. The lowest BCUT2D eigenvalue weighted by Gasteiger charge is -2.36. The maximum Gasteiger partial charge on any atom is 0.246 e. The first-order chi connectivity index (χ1) is 36.3. The molecule has 3 aliphatic heterocycles. The largest absolute Gasteiger partial charge is 0.392 e. The summed E-state index contributed by atoms with van der Waals surface area (Å²) in [4.78, 5) is 91.3. The highest BCUT2D eigenvalue weighted by atomic mass is 35.5. The topological polar surface area (TPSA) is 250 Å². The quantitative estimate of drug-likeness (QED) is 0.118. The number of nitrogens with zero attached hydrogens (tertiary/aromatic N) is 5. The zero-order valence-electron chi connectivity index (χ0n) is 43.6. The second-order valence-corrected chi connectivity index (χ2v) is 22.2. The van der Waals surface area contributed by atoms with Crippen LogP contribution in [-0.2, 0) is 39.9 Å². The SMILES string of the molecule is Cc1sc2c(c1C)C(c1ccc(Cl)cc1)=N[C@@H](CC(=O)NC[C@H]1NC(=O)CCNC(=O)[C@@H](Cc3ccc(-c4ccccc4)cc3)NC(=O)[C@@H]3C[C@@H](O)CN3C[C@H](C(C)(C)C)NC(=O)COCCNC1=O)c1nnc(C)n1-2. The van der Waals surface area contributed by atoms with E-state index in [9.17, 15) is 33.9 Å². The number of carbonyl (C=O) groups is 6. The number of aromatic nitrogens is 3. The van der Waals surface area contributed by atoms with E-state index < -0.39 is 77.2 Å². The predicted molar refractivity (Wildman–Crippen MR) is 289 cm³/mol. The Labute approximate surface area is 451 Å². The van der Waals surface area contributed by atoms with E-state index in [-0.39, 0.29) is 71.6 Å². The van der Waals surface area contributed by atoms with E-state index in [1.54, 1.807) is 23.5 Å². The van der Waals surface area contributed by atoms with E-state index in [0.29, 0.717) is 22.4 Å². The molecule has 402 valence electrons. The molecule has 0 unspecified atom stereocenters. The van der Waals surface area contributed by atoms with E-state index in [1.165, 1.54) is 0 Å². The maximum absolute atomic E-state index is 14.2. The minimum atomic E-state index is -1.28. The molecule has 2 aromatic heterocycles. The third-order valence-electron chi connectivity index (χ3n) is 13.9. The molecule has 5 aromatic rings. The Kier molecular flexibility index (Phi) is 17.8. The first-order valence-electron chi connectivity index (χ1n) is 25.5. The summed E-state index contributed by atoms with van der Waals surface area (Å²) in [5.41, 5.74) is 5.67. The lowest BCUT2D eigenvalue weighted by atomic mass is 9.86. The van der Waals surface area contributed by atoms with E-state index in [4.69, 9.17) is 21.3 Å². The molecule has 0 spiro atoms. The number of rotatable bonds is 8. The minimum Gasteiger partial charge on any atom is -0.392 e. The summed E-state index contributed by atoms with van der Waals surface area (Å²) in [7, 11) is 0. The third kappa shape index (κ3) is 13.6. The number of amides is 6. The number of aliphatic hydroxyl groups excluding tert-OH is 1. The van der Waals surface area contributed by atoms with E-state index in [2.05, 4.69) is 42.1 Å². The summed E-state index contributed by atoms with van der Waals surface area (Å²) < 4.78 is 7.60. The van der Waals surface area contributed by atoms with Crippen molar-refractivity contribution in [1.82, 2.24) is 51.6 Å². The molecule has 8 rings (SSSR count). The number of aryl methyl sites for hydroxylation is 2. The highest BCUT2D eigenvalue weighted by Gasteiger charge is 2.41. The van der Waals surface area contributed by atoms with Gasteiger partial charge in [-0.25, -0.2) is 0 Å². The van der Waals surface area contributed by atoms with Gasteiger partial charge in [0.1, 0.15) is 35.6 Å². The molecular formula is C55H66ClN11O8S. The Balaban J connectivity index is 0.999. The Morgan fingerprint density at radius 3 is 2.22 bits per heavy atom. The smallest absolute Gasteiger partial charge is 0.246 e. The van der Waals surface area contributed by atoms with Gasteiger partial charge in [-0.3, -0.25) is 43.2 Å². The highest BCUT2D eigenvalue weighted by Crippen LogP contribution is 2.40. The van der Waals surface area contributed by atoms with Crippen LogP contribution in [0.3, 0.4) is 0 Å². The molecule has 0 bridgehead atoms. The number of ether oxygens (including phenoxy) is 1. The highest BCUT2D eigenvalue weighted by molar-refractivity contribution is 7.15. The standard InChI is InChI=1S/C55H66ClN11O8S/c1-31-32(2)76-54-48(31)49(37-16-18-38(56)19-17-37)61-40(50-65-64-33(3)67(50)54)26-46(70)59-27-42-52(73)58-22-23-75-30-47(71)63-44(55(4,5)6)29-66-28-39(68)25-43(66)53(74)62-41(51(72)57-21-20-45(69)60-42)24-34-12-14-36(15-13-34)35-10-8-7-9-11-35/h7-19,39-44,68H,20-30H2,1-6H3,(H,57,72)(H,58,73)(H,59,70)(H,60,69)(H,62,74)(H,63,71)/t39-,40+,41-,42-,43+,44-/m1/s1. The van der Waals surface area contributed by atoms with E-state index in [0.717, 1.165) is 43.3 Å². The molecule has 21 heteroatoms. The summed E-state index contributed by atoms with van der Waals surface area (Å²) in [5, 5.41) is 38.2. The van der Waals surface area contributed by atoms with Crippen LogP contribution in [0, 0.1) is 26.2 Å². The molecule has 7 N–H and O–H groups in total. The fourth-order valence-corrected chi connectivity index (χ4v) is 10.9. The van der Waals surface area contributed by atoms with Crippen LogP contribution in [0.1, 0.15) is 84.9 Å². The number of thiophene rings is 1. The van der Waals surface area contributed by atoms with Gasteiger partial charge >= 0.3 is 0 Å². The van der Waals surface area contributed by atoms with Crippen LogP contribution in [0.4, 0.5) is 0 Å². The molecule has 0 radical (unpaired) electrons. The van der Waals surface area contributed by atoms with Crippen molar-refractivity contribution in [2.24, 2.45) is 10.4 Å². The maximum atomic E-state index is 14.2. The van der Waals surface area contributed by atoms with Gasteiger partial charge in [0, 0.05) is 72.6 Å². The fourth-order valence-electron chi connectivity index (χ4n) is 9.57. The molecule has 3 aromatic carbocycles. The number of nitrogens with one attached hydrogen (secondary N) is 6. The molecule has 6 atom stereocenters. The second-order valence-electron chi connectivity index (χ2n) is 20.6. The van der Waals surface area contributed by atoms with Crippen LogP contribution in [0.25, 0.3) is 16.1 Å². The third-order valence-corrected chi connectivity index (χ3v) is 15.4. The number of aliphatic hydroxyl groups is 1. The van der Waals surface area contributed by atoms with Crippen LogP contribution >= 0.6 is 22.9 Å². The van der Waals surface area contributed by atoms with E-state index >= 15 is 0 Å². The Morgan fingerprint density at radius 2 is 1.50 bits per heavy atom. The van der Waals surface area contributed by atoms with Crippen molar-refractivity contribution in [2.45, 2.75) is 104 Å². The lowest BCUT2D eigenvalue weighted by molar-refractivity contribution is -0.132. The van der Waals surface area contributed by atoms with Crippen LogP contribution in [-0.4, -0.2) is 142 Å². The Hall–Kier alpha value is -6.84. The average molecular weight is 1080 g/mol. The first kappa shape index (κ1) is 55.4. The number of benzene rings is 3. The molecule has 5 heterocycles. The summed E-state index contributed by atoms with van der Waals surface area (Å²) in [6.45, 7) is 11.3. The molecular weight excluding hydrogens is 1010 g/mol. The van der Waals surface area contributed by atoms with Crippen molar-refractivity contribution < 1.29 is 38.6 Å². The zero-order valence-corrected chi connectivity index (χ0v) is 45.1. The summed E-state index contributed by atoms with van der Waals surface area (Å²) in [5.74, 6) is -2.08. The van der Waals surface area contributed by atoms with Gasteiger partial charge in [0.25, 0.3) is 0 Å². The monoisotopic (exact) mass is 1080 g/mol. The van der Waals surface area contributed by atoms with Gasteiger partial charge in [-0.2, -0.15) is 0 Å². The van der Waals surface area contributed by atoms with Gasteiger partial charge in [0.05, 0.1) is 30.9 Å². The number of carbonyl (C=O) groups excluding carboxylic acids is 6. The first-order valence-corrected chi connectivity index (χ1v) is 26.7. The fraction of sp³-hybridized carbons (Fsp3) is 0.436. The van der Waals surface area contributed by atoms with Crippen LogP contribution in [0.15, 0.2) is 83.9 Å². The normalized spacial score (nSPS) is 22.6. The van der Waals surface area contributed by atoms with Gasteiger partial charge in [-0.1, -0.05) is 99.1 Å². The van der Waals surface area contributed by atoms with Gasteiger partial charge in [-0.15, -0.1) is 21.5 Å². The summed E-state index contributed by atoms with van der Waals surface area (Å²) in [6.07, 6.45) is -1.04. The van der Waals surface area contributed by atoms with Gasteiger partial charge < -0.3 is 41.7 Å². The summed E-state index contributed by atoms with van der Waals surface area (Å²) >= 11 is 7.87. The number of hydrogen-bond donors (Lipinski definition) is 7. The zero-order chi connectivity index (χ0) is 54.3. The van der Waals surface area contributed by atoms with Gasteiger partial charge in [-0.05, 0) is 67.0 Å². The van der Waals surface area contributed by atoms with Crippen molar-refractivity contribution in [1.29, 1.82) is 0 Å². The predicted octanol–water partition coefficient (Wildman–Crippen LogP) is 3.80. The average Bonchev–Trinajstić information content (AvgIpc) is 4.03.